The smallest absolute Gasteiger partial charge is 0.240 e. The Morgan fingerprint density at radius 3 is 2.39 bits per heavy atom. The molecule has 0 bridgehead atoms. The molecule has 1 aliphatic rings. The number of carbonyl (C=O) groups excluding carboxylic acids is 2. The van der Waals surface area contributed by atoms with Crippen LogP contribution in [0, 0.1) is 0 Å². The second kappa shape index (κ2) is 7.07. The fraction of sp³-hybridized carbons (Fsp3) is 0.429. The standard InChI is InChI=1S/C14H16Cl2N2O4S/c1-9(19)18(14-11(15)3-2-4-12(14)16)7-13(20)17-10-5-6-23(21,22)8-10/h2-4,10H,5-8H2,1H3,(H,17,20). The van der Waals surface area contributed by atoms with Crippen molar-refractivity contribution in [1.82, 2.24) is 5.32 Å². The van der Waals surface area contributed by atoms with Gasteiger partial charge >= 0.3 is 0 Å². The summed E-state index contributed by atoms with van der Waals surface area (Å²) in [4.78, 5) is 25.2. The lowest BCUT2D eigenvalue weighted by molar-refractivity contribution is -0.123. The summed E-state index contributed by atoms with van der Waals surface area (Å²) in [6.45, 7) is 1.02. The quantitative estimate of drug-likeness (QED) is 0.862. The van der Waals surface area contributed by atoms with E-state index in [0.29, 0.717) is 6.42 Å². The van der Waals surface area contributed by atoms with E-state index in [-0.39, 0.29) is 33.8 Å². The van der Waals surface area contributed by atoms with E-state index >= 15 is 0 Å². The van der Waals surface area contributed by atoms with Crippen molar-refractivity contribution >= 4 is 50.5 Å². The summed E-state index contributed by atoms with van der Waals surface area (Å²) in [7, 11) is -3.09. The van der Waals surface area contributed by atoms with Crippen LogP contribution in [0.1, 0.15) is 13.3 Å². The van der Waals surface area contributed by atoms with Crippen LogP contribution in [0.4, 0.5) is 5.69 Å². The van der Waals surface area contributed by atoms with Crippen molar-refractivity contribution in [3.05, 3.63) is 28.2 Å². The van der Waals surface area contributed by atoms with Gasteiger partial charge in [-0.1, -0.05) is 29.3 Å². The van der Waals surface area contributed by atoms with Crippen molar-refractivity contribution in [2.75, 3.05) is 23.0 Å². The largest absolute Gasteiger partial charge is 0.351 e. The molecule has 23 heavy (non-hydrogen) atoms. The number of halogens is 2. The lowest BCUT2D eigenvalue weighted by atomic mass is 10.2. The average Bonchev–Trinajstić information content (AvgIpc) is 2.76. The highest BCUT2D eigenvalue weighted by Crippen LogP contribution is 2.33. The van der Waals surface area contributed by atoms with E-state index in [1.807, 2.05) is 0 Å². The molecule has 1 N–H and O–H groups in total. The van der Waals surface area contributed by atoms with E-state index in [1.54, 1.807) is 18.2 Å². The first kappa shape index (κ1) is 18.0. The molecular weight excluding hydrogens is 363 g/mol. The van der Waals surface area contributed by atoms with Gasteiger partial charge in [0.05, 0.1) is 27.2 Å². The summed E-state index contributed by atoms with van der Waals surface area (Å²) < 4.78 is 22.8. The Hall–Kier alpha value is -1.31. The minimum Gasteiger partial charge on any atom is -0.351 e. The van der Waals surface area contributed by atoms with Gasteiger partial charge in [0.15, 0.2) is 9.84 Å². The third kappa shape index (κ3) is 4.59. The summed E-state index contributed by atoms with van der Waals surface area (Å²) in [6.07, 6.45) is 0.376. The Bertz CT molecular complexity index is 716. The number of rotatable bonds is 4. The first-order chi connectivity index (χ1) is 10.7. The molecule has 126 valence electrons. The highest BCUT2D eigenvalue weighted by Gasteiger charge is 2.30. The molecule has 2 amide bonds. The van der Waals surface area contributed by atoms with Crippen molar-refractivity contribution in [2.24, 2.45) is 0 Å². The normalized spacial score (nSPS) is 19.3. The molecule has 1 fully saturated rings. The number of hydrogen-bond acceptors (Lipinski definition) is 4. The van der Waals surface area contributed by atoms with E-state index in [1.165, 1.54) is 11.8 Å². The van der Waals surface area contributed by atoms with Crippen LogP contribution in [0.2, 0.25) is 10.0 Å². The molecule has 1 unspecified atom stereocenters. The second-order valence-electron chi connectivity index (χ2n) is 5.34. The topological polar surface area (TPSA) is 83.6 Å². The zero-order valence-electron chi connectivity index (χ0n) is 12.4. The van der Waals surface area contributed by atoms with Crippen molar-refractivity contribution in [3.63, 3.8) is 0 Å². The van der Waals surface area contributed by atoms with Crippen LogP contribution in [-0.2, 0) is 19.4 Å². The van der Waals surface area contributed by atoms with Crippen molar-refractivity contribution in [2.45, 2.75) is 19.4 Å². The SMILES string of the molecule is CC(=O)N(CC(=O)NC1CCS(=O)(=O)C1)c1c(Cl)cccc1Cl. The maximum atomic E-state index is 12.1. The van der Waals surface area contributed by atoms with Gasteiger partial charge in [0.2, 0.25) is 11.8 Å². The second-order valence-corrected chi connectivity index (χ2v) is 8.39. The third-order valence-electron chi connectivity index (χ3n) is 3.49. The van der Waals surface area contributed by atoms with Gasteiger partial charge in [0.25, 0.3) is 0 Å². The summed E-state index contributed by atoms with van der Waals surface area (Å²) in [5, 5.41) is 3.14. The lowest BCUT2D eigenvalue weighted by Crippen LogP contribution is -2.44. The van der Waals surface area contributed by atoms with Crippen LogP contribution in [0.25, 0.3) is 0 Å². The van der Waals surface area contributed by atoms with Gasteiger partial charge < -0.3 is 10.2 Å². The number of hydrogen-bond donors (Lipinski definition) is 1. The Labute approximate surface area is 144 Å². The molecule has 9 heteroatoms. The minimum atomic E-state index is -3.09. The van der Waals surface area contributed by atoms with Gasteiger partial charge in [-0.15, -0.1) is 0 Å². The third-order valence-corrected chi connectivity index (χ3v) is 5.86. The average molecular weight is 379 g/mol. The van der Waals surface area contributed by atoms with Crippen molar-refractivity contribution in [3.8, 4) is 0 Å². The summed E-state index contributed by atoms with van der Waals surface area (Å²) in [6, 6.07) is 4.35. The molecule has 1 aliphatic heterocycles. The van der Waals surface area contributed by atoms with Crippen LogP contribution in [0.15, 0.2) is 18.2 Å². The molecule has 0 saturated carbocycles. The van der Waals surface area contributed by atoms with Crippen molar-refractivity contribution < 1.29 is 18.0 Å². The number of para-hydroxylation sites is 1. The molecule has 0 spiro atoms. The molecule has 1 aromatic carbocycles. The zero-order valence-corrected chi connectivity index (χ0v) is 14.7. The highest BCUT2D eigenvalue weighted by atomic mass is 35.5. The molecule has 2 rings (SSSR count). The molecule has 6 nitrogen and oxygen atoms in total. The van der Waals surface area contributed by atoms with Crippen LogP contribution >= 0.6 is 23.2 Å². The summed E-state index contributed by atoms with van der Waals surface area (Å²) in [5.74, 6) is -0.872. The molecular formula is C14H16Cl2N2O4S. The van der Waals surface area contributed by atoms with Gasteiger partial charge in [-0.25, -0.2) is 8.42 Å². The van der Waals surface area contributed by atoms with Gasteiger partial charge in [0, 0.05) is 13.0 Å². The van der Waals surface area contributed by atoms with Crippen LogP contribution < -0.4 is 10.2 Å². The predicted octanol–water partition coefficient (Wildman–Crippen LogP) is 1.65. The van der Waals surface area contributed by atoms with E-state index < -0.39 is 27.7 Å². The van der Waals surface area contributed by atoms with E-state index in [9.17, 15) is 18.0 Å². The lowest BCUT2D eigenvalue weighted by Gasteiger charge is -2.23. The first-order valence-electron chi connectivity index (χ1n) is 6.91. The molecule has 1 aromatic rings. The maximum Gasteiger partial charge on any atom is 0.240 e. The van der Waals surface area contributed by atoms with E-state index in [2.05, 4.69) is 5.32 Å². The molecule has 0 aliphatic carbocycles. The summed E-state index contributed by atoms with van der Waals surface area (Å²) in [5.41, 5.74) is 0.262. The fourth-order valence-electron chi connectivity index (χ4n) is 2.42. The number of amides is 2. The van der Waals surface area contributed by atoms with Gasteiger partial charge in [-0.2, -0.15) is 0 Å². The van der Waals surface area contributed by atoms with E-state index in [0.717, 1.165) is 0 Å². The van der Waals surface area contributed by atoms with Crippen molar-refractivity contribution in [1.29, 1.82) is 0 Å². The number of nitrogens with zero attached hydrogens (tertiary/aromatic N) is 1. The number of anilines is 1. The molecule has 1 atom stereocenters. The van der Waals surface area contributed by atoms with Crippen LogP contribution in [0.5, 0.6) is 0 Å². The Morgan fingerprint density at radius 1 is 1.30 bits per heavy atom. The van der Waals surface area contributed by atoms with Gasteiger partial charge in [0.1, 0.15) is 6.54 Å². The first-order valence-corrected chi connectivity index (χ1v) is 9.49. The Balaban J connectivity index is 2.11. The van der Waals surface area contributed by atoms with Crippen LogP contribution in [-0.4, -0.2) is 44.3 Å². The molecule has 0 aromatic heterocycles. The monoisotopic (exact) mass is 378 g/mol. The maximum absolute atomic E-state index is 12.1. The van der Waals surface area contributed by atoms with Crippen LogP contribution in [0.3, 0.4) is 0 Å². The zero-order chi connectivity index (χ0) is 17.2. The number of benzene rings is 1. The number of carbonyl (C=O) groups is 2. The highest BCUT2D eigenvalue weighted by molar-refractivity contribution is 7.91. The Morgan fingerprint density at radius 2 is 1.91 bits per heavy atom. The predicted molar refractivity (Wildman–Crippen MR) is 89.7 cm³/mol. The molecule has 0 radical (unpaired) electrons. The van der Waals surface area contributed by atoms with Gasteiger partial charge in [-0.05, 0) is 18.6 Å². The minimum absolute atomic E-state index is 0.0602. The van der Waals surface area contributed by atoms with Gasteiger partial charge in [-0.3, -0.25) is 9.59 Å². The van der Waals surface area contributed by atoms with E-state index in [4.69, 9.17) is 23.2 Å². The molecule has 1 heterocycles. The molecule has 1 saturated heterocycles. The number of nitrogens with one attached hydrogen (secondary N) is 1. The number of sulfone groups is 1. The fourth-order valence-corrected chi connectivity index (χ4v) is 4.70. The summed E-state index contributed by atoms with van der Waals surface area (Å²) >= 11 is 12.1. The Kier molecular flexibility index (Phi) is 5.54.